The van der Waals surface area contributed by atoms with Gasteiger partial charge in [-0.15, -0.1) is 0 Å². The van der Waals surface area contributed by atoms with Gasteiger partial charge in [-0.05, 0) is 145 Å². The number of rotatable bonds is 10. The Morgan fingerprint density at radius 1 is 0.492 bits per heavy atom. The van der Waals surface area contributed by atoms with Crippen molar-refractivity contribution in [1.82, 2.24) is 0 Å². The van der Waals surface area contributed by atoms with Gasteiger partial charge in [-0.2, -0.15) is 0 Å². The molecule has 3 heteroatoms. The summed E-state index contributed by atoms with van der Waals surface area (Å²) in [4.78, 5) is 5.04. The highest BCUT2D eigenvalue weighted by atomic mass is 16.3. The van der Waals surface area contributed by atoms with Crippen molar-refractivity contribution in [3.05, 3.63) is 233 Å². The average Bonchev–Trinajstić information content (AvgIpc) is 3.74. The molecule has 0 amide bonds. The Morgan fingerprint density at radius 2 is 1.14 bits per heavy atom. The van der Waals surface area contributed by atoms with Crippen LogP contribution in [0.15, 0.2) is 210 Å². The van der Waals surface area contributed by atoms with Crippen LogP contribution in [0.2, 0.25) is 0 Å². The van der Waals surface area contributed by atoms with Gasteiger partial charge in [0.05, 0.1) is 12.1 Å². The molecule has 5 aliphatic carbocycles. The van der Waals surface area contributed by atoms with E-state index in [0.717, 1.165) is 55.9 Å². The topological polar surface area (TPSA) is 19.6 Å². The zero-order valence-corrected chi connectivity index (χ0v) is 35.7. The number of furan rings is 1. The number of hydrogen-bond donors (Lipinski definition) is 0. The normalized spacial score (nSPS) is 20.0. The van der Waals surface area contributed by atoms with Gasteiger partial charge in [-0.3, -0.25) is 0 Å². The van der Waals surface area contributed by atoms with Gasteiger partial charge in [0.25, 0.3) is 0 Å². The van der Waals surface area contributed by atoms with E-state index in [4.69, 9.17) is 4.42 Å². The van der Waals surface area contributed by atoms with Gasteiger partial charge in [-0.25, -0.2) is 0 Å². The van der Waals surface area contributed by atoms with E-state index in [-0.39, 0.29) is 12.0 Å². The molecule has 0 spiro atoms. The molecule has 1 heterocycles. The predicted molar refractivity (Wildman–Crippen MR) is 266 cm³/mol. The summed E-state index contributed by atoms with van der Waals surface area (Å²) in [7, 11) is 0. The third-order valence-corrected chi connectivity index (χ3v) is 13.4. The fourth-order valence-electron chi connectivity index (χ4n) is 10.1. The molecule has 1 aromatic heterocycles. The molecule has 0 bridgehead atoms. The number of fused-ring (bicyclic) bond motifs is 3. The number of hydrogen-bond acceptors (Lipinski definition) is 3. The zero-order chi connectivity index (χ0) is 42.0. The largest absolute Gasteiger partial charge is 0.456 e. The predicted octanol–water partition coefficient (Wildman–Crippen LogP) is 14.1. The van der Waals surface area contributed by atoms with Crippen molar-refractivity contribution < 1.29 is 4.42 Å². The lowest BCUT2D eigenvalue weighted by atomic mass is 9.90. The van der Waals surface area contributed by atoms with Crippen molar-refractivity contribution in [2.24, 2.45) is 0 Å². The Bertz CT molecular complexity index is 3020. The SMILES string of the molecule is C1=CCCC(c2ccc(N(C3=CC=C(c4ccc5oc6c(c5c4)=CC(c4ccc(N(c5ccc(-c7ccccc7)cc5)C5C=CC=CC5)cc4)CC=6)CC3)C3C=CC=CC3)cc2)=C1. The summed E-state index contributed by atoms with van der Waals surface area (Å²) in [6.45, 7) is 0. The summed E-state index contributed by atoms with van der Waals surface area (Å²) in [5.41, 5.74) is 16.1. The van der Waals surface area contributed by atoms with Gasteiger partial charge in [0.2, 0.25) is 0 Å². The van der Waals surface area contributed by atoms with E-state index in [1.54, 1.807) is 0 Å². The van der Waals surface area contributed by atoms with Crippen molar-refractivity contribution in [2.45, 2.75) is 62.9 Å². The minimum atomic E-state index is 0.248. The van der Waals surface area contributed by atoms with Gasteiger partial charge in [0, 0.05) is 39.3 Å². The summed E-state index contributed by atoms with van der Waals surface area (Å²) in [5, 5.41) is 2.41. The maximum Gasteiger partial charge on any atom is 0.135 e. The molecule has 308 valence electrons. The van der Waals surface area contributed by atoms with Crippen LogP contribution in [0.1, 0.15) is 67.6 Å². The lowest BCUT2D eigenvalue weighted by Gasteiger charge is -2.36. The van der Waals surface area contributed by atoms with E-state index < -0.39 is 0 Å². The molecule has 63 heavy (non-hydrogen) atoms. The Balaban J connectivity index is 0.857. The van der Waals surface area contributed by atoms with Crippen LogP contribution in [0.25, 0.3) is 45.4 Å². The Kier molecular flexibility index (Phi) is 10.7. The Morgan fingerprint density at radius 3 is 1.81 bits per heavy atom. The van der Waals surface area contributed by atoms with Crippen LogP contribution in [-0.2, 0) is 0 Å². The van der Waals surface area contributed by atoms with E-state index in [2.05, 4.69) is 222 Å². The molecular formula is C60H52N2O. The molecule has 3 atom stereocenters. The van der Waals surface area contributed by atoms with Crippen LogP contribution in [0.5, 0.6) is 0 Å². The molecule has 11 rings (SSSR count). The van der Waals surface area contributed by atoms with Gasteiger partial charge >= 0.3 is 0 Å². The molecule has 6 aromatic rings. The number of nitrogens with zero attached hydrogens (tertiary/aromatic N) is 2. The minimum Gasteiger partial charge on any atom is -0.456 e. The van der Waals surface area contributed by atoms with Gasteiger partial charge in [-0.1, -0.05) is 152 Å². The van der Waals surface area contributed by atoms with Crippen LogP contribution in [0, 0.1) is 0 Å². The molecule has 0 N–H and O–H groups in total. The lowest BCUT2D eigenvalue weighted by molar-refractivity contribution is 0.570. The van der Waals surface area contributed by atoms with Crippen LogP contribution >= 0.6 is 0 Å². The second-order valence-electron chi connectivity index (χ2n) is 17.3. The molecule has 0 saturated heterocycles. The highest BCUT2D eigenvalue weighted by Gasteiger charge is 2.24. The first kappa shape index (κ1) is 38.8. The first-order chi connectivity index (χ1) is 31.2. The van der Waals surface area contributed by atoms with Crippen molar-refractivity contribution in [3.8, 4) is 11.1 Å². The Labute approximate surface area is 371 Å². The molecule has 5 aromatic carbocycles. The molecule has 0 aliphatic heterocycles. The van der Waals surface area contributed by atoms with Crippen molar-refractivity contribution in [3.63, 3.8) is 0 Å². The van der Waals surface area contributed by atoms with Gasteiger partial charge in [0.15, 0.2) is 0 Å². The average molecular weight is 817 g/mol. The highest BCUT2D eigenvalue weighted by Crippen LogP contribution is 2.37. The van der Waals surface area contributed by atoms with Crippen molar-refractivity contribution in [1.29, 1.82) is 0 Å². The van der Waals surface area contributed by atoms with E-state index in [1.807, 2.05) is 0 Å². The van der Waals surface area contributed by atoms with Gasteiger partial charge < -0.3 is 14.2 Å². The third kappa shape index (κ3) is 7.96. The second-order valence-corrected chi connectivity index (χ2v) is 17.3. The van der Waals surface area contributed by atoms with Crippen LogP contribution in [-0.4, -0.2) is 12.1 Å². The van der Waals surface area contributed by atoms with Crippen molar-refractivity contribution >= 4 is 51.3 Å². The van der Waals surface area contributed by atoms with E-state index >= 15 is 0 Å². The molecule has 3 nitrogen and oxygen atoms in total. The summed E-state index contributed by atoms with van der Waals surface area (Å²) in [5.74, 6) is 0.270. The lowest BCUT2D eigenvalue weighted by Crippen LogP contribution is -2.34. The maximum absolute atomic E-state index is 6.47. The number of anilines is 3. The second kappa shape index (κ2) is 17.3. The van der Waals surface area contributed by atoms with Crippen LogP contribution in [0.3, 0.4) is 0 Å². The van der Waals surface area contributed by atoms with E-state index in [9.17, 15) is 0 Å². The third-order valence-electron chi connectivity index (χ3n) is 13.4. The molecule has 3 unspecified atom stereocenters. The Hall–Kier alpha value is -7.10. The smallest absolute Gasteiger partial charge is 0.135 e. The summed E-state index contributed by atoms with van der Waals surface area (Å²) in [6.07, 6.45) is 41.2. The number of benzene rings is 5. The quantitative estimate of drug-likeness (QED) is 0.137. The summed E-state index contributed by atoms with van der Waals surface area (Å²) >= 11 is 0. The molecule has 0 saturated carbocycles. The molecule has 0 radical (unpaired) electrons. The number of allylic oxidation sites excluding steroid dienone is 12. The summed E-state index contributed by atoms with van der Waals surface area (Å²) < 4.78 is 6.47. The fourth-order valence-corrected chi connectivity index (χ4v) is 10.1. The molecule has 5 aliphatic rings. The summed E-state index contributed by atoms with van der Waals surface area (Å²) in [6, 6.07) is 45.5. The standard InChI is InChI=1S/C60H52N2O/c1-5-13-43(14-6-1)45-21-31-53(32-22-45)61(51-17-9-3-10-18-51)55-35-25-47(26-36-55)49-29-39-59-57(41-49)58-42-50(30-40-60(58)63-59)48-27-37-56(38-28-48)62(52-19-11-4-12-20-52)54-33-23-46(24-34-54)44-15-7-2-8-16-44/h1-7,9-15,17,19,21-27,30-37,39-42,49,51-52H,8,16,18,20,28-29,38H2. The maximum atomic E-state index is 6.47. The zero-order valence-electron chi connectivity index (χ0n) is 35.7. The first-order valence-electron chi connectivity index (χ1n) is 22.8. The first-order valence-corrected chi connectivity index (χ1v) is 22.8. The van der Waals surface area contributed by atoms with Gasteiger partial charge in [0.1, 0.15) is 11.0 Å². The van der Waals surface area contributed by atoms with E-state index in [0.29, 0.717) is 6.04 Å². The molecule has 0 fully saturated rings. The van der Waals surface area contributed by atoms with Crippen molar-refractivity contribution in [2.75, 3.05) is 9.80 Å². The monoisotopic (exact) mass is 816 g/mol. The molecular weight excluding hydrogens is 765 g/mol. The fraction of sp³-hybridized carbons (Fsp3) is 0.167. The van der Waals surface area contributed by atoms with Crippen LogP contribution in [0.4, 0.5) is 17.1 Å². The van der Waals surface area contributed by atoms with Crippen LogP contribution < -0.4 is 20.4 Å². The van der Waals surface area contributed by atoms with E-state index in [1.165, 1.54) is 72.3 Å². The highest BCUT2D eigenvalue weighted by molar-refractivity contribution is 5.85. The minimum absolute atomic E-state index is 0.248.